The van der Waals surface area contributed by atoms with Crippen LogP contribution in [0, 0.1) is 16.7 Å². The van der Waals surface area contributed by atoms with Crippen LogP contribution < -0.4 is 0 Å². The molecule has 0 spiro atoms. The summed E-state index contributed by atoms with van der Waals surface area (Å²) in [7, 11) is 1.71. The van der Waals surface area contributed by atoms with Crippen LogP contribution in [0.1, 0.15) is 46.0 Å². The average molecular weight is 211 g/mol. The Morgan fingerprint density at radius 1 is 1.53 bits per heavy atom. The normalized spacial score (nSPS) is 35.5. The second-order valence-corrected chi connectivity index (χ2v) is 4.76. The molecule has 1 N–H and O–H groups in total. The zero-order chi connectivity index (χ0) is 11.5. The fourth-order valence-electron chi connectivity index (χ4n) is 2.37. The molecule has 1 aliphatic carbocycles. The molecule has 0 aromatic rings. The Kier molecular flexibility index (Phi) is 3.75. The molecule has 0 bridgehead atoms. The summed E-state index contributed by atoms with van der Waals surface area (Å²) >= 11 is 0. The first kappa shape index (κ1) is 12.5. The fourth-order valence-corrected chi connectivity index (χ4v) is 2.37. The van der Waals surface area contributed by atoms with Crippen molar-refractivity contribution in [3.8, 4) is 6.07 Å². The number of methoxy groups -OCH3 is 1. The molecule has 1 fully saturated rings. The standard InChI is InChI=1S/C12H21NO2/c1-4-11(2,9-13)12(14)7-5-10(15-3)6-8-12/h10,14H,4-8H2,1-3H3. The van der Waals surface area contributed by atoms with Crippen molar-refractivity contribution in [3.63, 3.8) is 0 Å². The van der Waals surface area contributed by atoms with Gasteiger partial charge in [-0.2, -0.15) is 5.26 Å². The van der Waals surface area contributed by atoms with Gasteiger partial charge in [-0.3, -0.25) is 0 Å². The molecular formula is C12H21NO2. The van der Waals surface area contributed by atoms with Gasteiger partial charge in [0.15, 0.2) is 0 Å². The lowest BCUT2D eigenvalue weighted by molar-refractivity contribution is -0.102. The minimum atomic E-state index is -0.828. The summed E-state index contributed by atoms with van der Waals surface area (Å²) in [6, 6.07) is 2.28. The smallest absolute Gasteiger partial charge is 0.0832 e. The van der Waals surface area contributed by atoms with E-state index in [1.54, 1.807) is 7.11 Å². The maximum Gasteiger partial charge on any atom is 0.0832 e. The van der Waals surface area contributed by atoms with Gasteiger partial charge in [0.25, 0.3) is 0 Å². The predicted octanol–water partition coefficient (Wildman–Crippen LogP) is 2.25. The van der Waals surface area contributed by atoms with Gasteiger partial charge in [-0.25, -0.2) is 0 Å². The quantitative estimate of drug-likeness (QED) is 0.779. The number of hydrogen-bond donors (Lipinski definition) is 1. The zero-order valence-electron chi connectivity index (χ0n) is 9.92. The summed E-state index contributed by atoms with van der Waals surface area (Å²) in [5, 5.41) is 19.7. The van der Waals surface area contributed by atoms with Crippen LogP contribution in [0.3, 0.4) is 0 Å². The lowest BCUT2D eigenvalue weighted by Gasteiger charge is -2.44. The third kappa shape index (κ3) is 2.16. The van der Waals surface area contributed by atoms with Gasteiger partial charge in [-0.15, -0.1) is 0 Å². The molecule has 1 unspecified atom stereocenters. The maximum absolute atomic E-state index is 10.5. The third-order valence-corrected chi connectivity index (χ3v) is 4.07. The number of nitriles is 1. The van der Waals surface area contributed by atoms with E-state index in [1.165, 1.54) is 0 Å². The number of hydrogen-bond acceptors (Lipinski definition) is 3. The summed E-state index contributed by atoms with van der Waals surface area (Å²) in [5.74, 6) is 0. The van der Waals surface area contributed by atoms with Gasteiger partial charge in [0.1, 0.15) is 0 Å². The first-order chi connectivity index (χ1) is 7.01. The molecule has 15 heavy (non-hydrogen) atoms. The van der Waals surface area contributed by atoms with Crippen LogP contribution in [0.2, 0.25) is 0 Å². The minimum absolute atomic E-state index is 0.255. The molecule has 3 nitrogen and oxygen atoms in total. The van der Waals surface area contributed by atoms with E-state index in [9.17, 15) is 10.4 Å². The molecule has 0 aliphatic heterocycles. The molecule has 1 saturated carbocycles. The second kappa shape index (κ2) is 4.51. The molecule has 1 atom stereocenters. The number of aliphatic hydroxyl groups is 1. The topological polar surface area (TPSA) is 53.2 Å². The van der Waals surface area contributed by atoms with E-state index in [1.807, 2.05) is 13.8 Å². The SMILES string of the molecule is CCC(C)(C#N)C1(O)CCC(OC)CC1. The van der Waals surface area contributed by atoms with E-state index in [2.05, 4.69) is 6.07 Å². The van der Waals surface area contributed by atoms with Crippen LogP contribution in [0.5, 0.6) is 0 Å². The van der Waals surface area contributed by atoms with Crippen LogP contribution in [-0.2, 0) is 4.74 Å². The summed E-state index contributed by atoms with van der Waals surface area (Å²) in [5.41, 5.74) is -1.45. The van der Waals surface area contributed by atoms with E-state index < -0.39 is 11.0 Å². The van der Waals surface area contributed by atoms with Crippen LogP contribution in [0.4, 0.5) is 0 Å². The van der Waals surface area contributed by atoms with Crippen LogP contribution in [-0.4, -0.2) is 23.9 Å². The molecule has 0 heterocycles. The Hall–Kier alpha value is -0.590. The van der Waals surface area contributed by atoms with Crippen molar-refractivity contribution < 1.29 is 9.84 Å². The van der Waals surface area contributed by atoms with Crippen molar-refractivity contribution in [1.29, 1.82) is 5.26 Å². The Labute approximate surface area is 92.0 Å². The summed E-state index contributed by atoms with van der Waals surface area (Å²) in [6.45, 7) is 3.82. The molecule has 3 heteroatoms. The molecule has 0 radical (unpaired) electrons. The number of nitrogens with zero attached hydrogens (tertiary/aromatic N) is 1. The van der Waals surface area contributed by atoms with Gasteiger partial charge < -0.3 is 9.84 Å². The van der Waals surface area contributed by atoms with E-state index in [0.29, 0.717) is 19.3 Å². The Balaban J connectivity index is 2.74. The summed E-state index contributed by atoms with van der Waals surface area (Å²) in [4.78, 5) is 0. The molecule has 1 rings (SSSR count). The Morgan fingerprint density at radius 3 is 2.40 bits per heavy atom. The second-order valence-electron chi connectivity index (χ2n) is 4.76. The Bertz CT molecular complexity index is 251. The highest BCUT2D eigenvalue weighted by Crippen LogP contribution is 2.44. The van der Waals surface area contributed by atoms with E-state index in [0.717, 1.165) is 12.8 Å². The Morgan fingerprint density at radius 2 is 2.07 bits per heavy atom. The minimum Gasteiger partial charge on any atom is -0.388 e. The predicted molar refractivity (Wildman–Crippen MR) is 58.2 cm³/mol. The molecule has 0 amide bonds. The average Bonchev–Trinajstić information content (AvgIpc) is 2.29. The van der Waals surface area contributed by atoms with Crippen molar-refractivity contribution in [3.05, 3.63) is 0 Å². The van der Waals surface area contributed by atoms with Gasteiger partial charge in [-0.05, 0) is 39.0 Å². The molecule has 1 aliphatic rings. The first-order valence-corrected chi connectivity index (χ1v) is 5.68. The van der Waals surface area contributed by atoms with Gasteiger partial charge >= 0.3 is 0 Å². The fraction of sp³-hybridized carbons (Fsp3) is 0.917. The van der Waals surface area contributed by atoms with Crippen molar-refractivity contribution in [2.45, 2.75) is 57.7 Å². The molecular weight excluding hydrogens is 190 g/mol. The monoisotopic (exact) mass is 211 g/mol. The van der Waals surface area contributed by atoms with Crippen LogP contribution >= 0.6 is 0 Å². The van der Waals surface area contributed by atoms with Gasteiger partial charge in [0.05, 0.1) is 23.2 Å². The van der Waals surface area contributed by atoms with Crippen molar-refractivity contribution >= 4 is 0 Å². The third-order valence-electron chi connectivity index (χ3n) is 4.07. The van der Waals surface area contributed by atoms with Crippen molar-refractivity contribution in [2.75, 3.05) is 7.11 Å². The highest BCUT2D eigenvalue weighted by atomic mass is 16.5. The van der Waals surface area contributed by atoms with Crippen molar-refractivity contribution in [2.24, 2.45) is 5.41 Å². The summed E-state index contributed by atoms with van der Waals surface area (Å²) in [6.07, 6.45) is 3.99. The first-order valence-electron chi connectivity index (χ1n) is 5.68. The molecule has 0 saturated heterocycles. The molecule has 0 aromatic carbocycles. The zero-order valence-corrected chi connectivity index (χ0v) is 9.92. The van der Waals surface area contributed by atoms with Crippen LogP contribution in [0.25, 0.3) is 0 Å². The highest BCUT2D eigenvalue weighted by Gasteiger charge is 2.47. The van der Waals surface area contributed by atoms with Gasteiger partial charge in [0, 0.05) is 7.11 Å². The van der Waals surface area contributed by atoms with E-state index >= 15 is 0 Å². The largest absolute Gasteiger partial charge is 0.388 e. The lowest BCUT2D eigenvalue weighted by atomic mass is 9.65. The molecule has 0 aromatic heterocycles. The highest BCUT2D eigenvalue weighted by molar-refractivity contribution is 5.09. The van der Waals surface area contributed by atoms with Gasteiger partial charge in [0.2, 0.25) is 0 Å². The maximum atomic E-state index is 10.5. The summed E-state index contributed by atoms with van der Waals surface area (Å²) < 4.78 is 5.27. The van der Waals surface area contributed by atoms with Crippen LogP contribution in [0.15, 0.2) is 0 Å². The lowest BCUT2D eigenvalue weighted by Crippen LogP contribution is -2.48. The van der Waals surface area contributed by atoms with E-state index in [-0.39, 0.29) is 6.10 Å². The number of ether oxygens (including phenoxy) is 1. The van der Waals surface area contributed by atoms with E-state index in [4.69, 9.17) is 4.74 Å². The number of rotatable bonds is 3. The van der Waals surface area contributed by atoms with Gasteiger partial charge in [-0.1, -0.05) is 6.92 Å². The molecule has 86 valence electrons. The van der Waals surface area contributed by atoms with Crippen molar-refractivity contribution in [1.82, 2.24) is 0 Å².